The zero-order valence-corrected chi connectivity index (χ0v) is 11.4. The Bertz CT molecular complexity index is 223. The van der Waals surface area contributed by atoms with Crippen LogP contribution in [0, 0.1) is 11.3 Å². The van der Waals surface area contributed by atoms with Gasteiger partial charge in [0, 0.05) is 12.6 Å². The lowest BCUT2D eigenvalue weighted by Crippen LogP contribution is -2.55. The van der Waals surface area contributed by atoms with E-state index in [-0.39, 0.29) is 0 Å². The van der Waals surface area contributed by atoms with Crippen molar-refractivity contribution in [1.29, 1.82) is 0 Å². The molecule has 0 aromatic heterocycles. The smallest absolute Gasteiger partial charge is 0.0434 e. The van der Waals surface area contributed by atoms with Gasteiger partial charge in [-0.2, -0.15) is 0 Å². The van der Waals surface area contributed by atoms with Crippen molar-refractivity contribution >= 4 is 0 Å². The predicted molar refractivity (Wildman–Crippen MR) is 72.0 cm³/mol. The third-order valence-electron chi connectivity index (χ3n) is 5.29. The highest BCUT2D eigenvalue weighted by atomic mass is 16.3. The number of nitrogens with one attached hydrogen (secondary N) is 1. The first-order valence-electron chi connectivity index (χ1n) is 7.65. The van der Waals surface area contributed by atoms with Gasteiger partial charge in [0.05, 0.1) is 0 Å². The van der Waals surface area contributed by atoms with Crippen LogP contribution in [0.4, 0.5) is 0 Å². The molecule has 17 heavy (non-hydrogen) atoms. The van der Waals surface area contributed by atoms with E-state index in [9.17, 15) is 0 Å². The molecule has 1 spiro atoms. The molecule has 100 valence electrons. The van der Waals surface area contributed by atoms with Crippen LogP contribution in [-0.4, -0.2) is 24.3 Å². The van der Waals surface area contributed by atoms with Crippen LogP contribution in [-0.2, 0) is 0 Å². The van der Waals surface area contributed by atoms with E-state index < -0.39 is 0 Å². The molecule has 0 aromatic carbocycles. The van der Waals surface area contributed by atoms with Crippen molar-refractivity contribution < 1.29 is 5.11 Å². The fraction of sp³-hybridized carbons (Fsp3) is 1.00. The molecule has 2 fully saturated rings. The Morgan fingerprint density at radius 2 is 2.00 bits per heavy atom. The maximum absolute atomic E-state index is 9.02. The maximum atomic E-state index is 9.02. The Kier molecular flexibility index (Phi) is 4.87. The lowest BCUT2D eigenvalue weighted by atomic mass is 9.57. The molecule has 2 aliphatic rings. The van der Waals surface area contributed by atoms with Gasteiger partial charge in [-0.05, 0) is 50.0 Å². The summed E-state index contributed by atoms with van der Waals surface area (Å²) < 4.78 is 0. The van der Waals surface area contributed by atoms with E-state index in [2.05, 4.69) is 12.2 Å². The second kappa shape index (κ2) is 6.19. The molecule has 2 aliphatic carbocycles. The maximum Gasteiger partial charge on any atom is 0.0434 e. The number of aliphatic hydroxyl groups is 1. The fourth-order valence-electron chi connectivity index (χ4n) is 3.81. The van der Waals surface area contributed by atoms with Crippen LogP contribution < -0.4 is 5.32 Å². The number of aliphatic hydroxyl groups excluding tert-OH is 1. The summed E-state index contributed by atoms with van der Waals surface area (Å²) in [4.78, 5) is 0. The van der Waals surface area contributed by atoms with Crippen molar-refractivity contribution in [2.45, 2.75) is 70.8 Å². The van der Waals surface area contributed by atoms with E-state index in [1.165, 1.54) is 51.4 Å². The monoisotopic (exact) mass is 239 g/mol. The molecule has 0 saturated heterocycles. The third-order valence-corrected chi connectivity index (χ3v) is 5.29. The summed E-state index contributed by atoms with van der Waals surface area (Å²) in [5, 5.41) is 12.8. The lowest BCUT2D eigenvalue weighted by molar-refractivity contribution is 0.0204. The van der Waals surface area contributed by atoms with Crippen molar-refractivity contribution in [2.24, 2.45) is 11.3 Å². The Morgan fingerprint density at radius 1 is 1.24 bits per heavy atom. The summed E-state index contributed by atoms with van der Waals surface area (Å²) in [7, 11) is 0. The van der Waals surface area contributed by atoms with Crippen molar-refractivity contribution in [3.63, 3.8) is 0 Å². The Balaban J connectivity index is 1.75. The van der Waals surface area contributed by atoms with Crippen molar-refractivity contribution in [2.75, 3.05) is 13.2 Å². The van der Waals surface area contributed by atoms with Crippen molar-refractivity contribution in [3.05, 3.63) is 0 Å². The highest BCUT2D eigenvalue weighted by molar-refractivity contribution is 5.01. The molecule has 0 aromatic rings. The van der Waals surface area contributed by atoms with Gasteiger partial charge in [0.1, 0.15) is 0 Å². The Labute approximate surface area is 106 Å². The van der Waals surface area contributed by atoms with Crippen LogP contribution in [0.2, 0.25) is 0 Å². The van der Waals surface area contributed by atoms with Crippen LogP contribution in [0.25, 0.3) is 0 Å². The zero-order valence-electron chi connectivity index (χ0n) is 11.4. The van der Waals surface area contributed by atoms with Gasteiger partial charge in [-0.15, -0.1) is 0 Å². The van der Waals surface area contributed by atoms with Gasteiger partial charge in [-0.3, -0.25) is 0 Å². The third kappa shape index (κ3) is 3.03. The average Bonchev–Trinajstić information content (AvgIpc) is 2.37. The molecule has 0 bridgehead atoms. The summed E-state index contributed by atoms with van der Waals surface area (Å²) in [5.74, 6) is 0.668. The van der Waals surface area contributed by atoms with Gasteiger partial charge in [-0.1, -0.05) is 32.6 Å². The normalized spacial score (nSPS) is 28.9. The molecular weight excluding hydrogens is 210 g/mol. The fourth-order valence-corrected chi connectivity index (χ4v) is 3.81. The molecule has 0 radical (unpaired) electrons. The second-order valence-electron chi connectivity index (χ2n) is 6.21. The van der Waals surface area contributed by atoms with E-state index in [0.29, 0.717) is 17.9 Å². The van der Waals surface area contributed by atoms with Gasteiger partial charge >= 0.3 is 0 Å². The van der Waals surface area contributed by atoms with E-state index in [0.717, 1.165) is 19.0 Å². The van der Waals surface area contributed by atoms with Gasteiger partial charge in [-0.25, -0.2) is 0 Å². The Hall–Kier alpha value is -0.0800. The molecule has 0 amide bonds. The highest BCUT2D eigenvalue weighted by Gasteiger charge is 2.46. The summed E-state index contributed by atoms with van der Waals surface area (Å²) in [6, 6.07) is 0.788. The van der Waals surface area contributed by atoms with Crippen LogP contribution in [0.15, 0.2) is 0 Å². The SMILES string of the molecule is CCC(CCO)CNC1CCC12CCCCC2. The van der Waals surface area contributed by atoms with Crippen molar-refractivity contribution in [1.82, 2.24) is 5.32 Å². The molecule has 2 N–H and O–H groups in total. The first kappa shape index (κ1) is 13.4. The summed E-state index contributed by atoms with van der Waals surface area (Å²) in [6.45, 7) is 3.69. The standard InChI is InChI=1S/C15H29NO/c1-2-13(7-11-17)12-16-14-6-10-15(14)8-4-3-5-9-15/h13-14,16-17H,2-12H2,1H3. The quantitative estimate of drug-likeness (QED) is 0.746. The number of rotatable bonds is 6. The van der Waals surface area contributed by atoms with Gasteiger partial charge < -0.3 is 10.4 Å². The lowest BCUT2D eigenvalue weighted by Gasteiger charge is -2.53. The molecule has 2 heteroatoms. The molecule has 2 unspecified atom stereocenters. The topological polar surface area (TPSA) is 32.3 Å². The van der Waals surface area contributed by atoms with E-state index in [4.69, 9.17) is 5.11 Å². The molecule has 0 heterocycles. The van der Waals surface area contributed by atoms with Crippen molar-refractivity contribution in [3.8, 4) is 0 Å². The molecular formula is C15H29NO. The molecule has 2 nitrogen and oxygen atoms in total. The number of hydrogen-bond acceptors (Lipinski definition) is 2. The largest absolute Gasteiger partial charge is 0.396 e. The Morgan fingerprint density at radius 3 is 2.53 bits per heavy atom. The van der Waals surface area contributed by atoms with Gasteiger partial charge in [0.2, 0.25) is 0 Å². The predicted octanol–water partition coefficient (Wildman–Crippen LogP) is 3.10. The highest BCUT2D eigenvalue weighted by Crippen LogP contribution is 2.51. The van der Waals surface area contributed by atoms with E-state index in [1.807, 2.05) is 0 Å². The summed E-state index contributed by atoms with van der Waals surface area (Å²) in [5.41, 5.74) is 0.676. The number of hydrogen-bond donors (Lipinski definition) is 2. The average molecular weight is 239 g/mol. The minimum absolute atomic E-state index is 0.343. The van der Waals surface area contributed by atoms with E-state index >= 15 is 0 Å². The van der Waals surface area contributed by atoms with Crippen LogP contribution in [0.3, 0.4) is 0 Å². The minimum Gasteiger partial charge on any atom is -0.396 e. The molecule has 2 atom stereocenters. The first-order chi connectivity index (χ1) is 8.30. The van der Waals surface area contributed by atoms with Crippen LogP contribution in [0.1, 0.15) is 64.7 Å². The van der Waals surface area contributed by atoms with Crippen LogP contribution in [0.5, 0.6) is 0 Å². The molecule has 2 saturated carbocycles. The van der Waals surface area contributed by atoms with Gasteiger partial charge in [0.15, 0.2) is 0 Å². The molecule has 0 aliphatic heterocycles. The zero-order chi connectivity index (χ0) is 12.1. The summed E-state index contributed by atoms with van der Waals surface area (Å²) in [6.07, 6.45) is 12.3. The van der Waals surface area contributed by atoms with E-state index in [1.54, 1.807) is 0 Å². The second-order valence-corrected chi connectivity index (χ2v) is 6.21. The first-order valence-corrected chi connectivity index (χ1v) is 7.65. The minimum atomic E-state index is 0.343. The molecule has 2 rings (SSSR count). The van der Waals surface area contributed by atoms with Gasteiger partial charge in [0.25, 0.3) is 0 Å². The van der Waals surface area contributed by atoms with Crippen LogP contribution >= 0.6 is 0 Å². The summed E-state index contributed by atoms with van der Waals surface area (Å²) >= 11 is 0.